The molecule has 1 aromatic heterocycles. The van der Waals surface area contributed by atoms with Crippen molar-refractivity contribution in [2.75, 3.05) is 7.11 Å². The zero-order valence-electron chi connectivity index (χ0n) is 16.1. The smallest absolute Gasteiger partial charge is 0.251 e. The Kier molecular flexibility index (Phi) is 6.29. The van der Waals surface area contributed by atoms with Gasteiger partial charge in [-0.05, 0) is 49.9 Å². The molecule has 0 spiro atoms. The Morgan fingerprint density at radius 2 is 1.92 bits per heavy atom. The number of methoxy groups -OCH3 is 1. The predicted molar refractivity (Wildman–Crippen MR) is 103 cm³/mol. The third kappa shape index (κ3) is 3.73. The number of primary amides is 1. The van der Waals surface area contributed by atoms with Gasteiger partial charge in [0.2, 0.25) is 0 Å². The highest BCUT2D eigenvalue weighted by molar-refractivity contribution is 6.02. The van der Waals surface area contributed by atoms with Crippen LogP contribution in [0.3, 0.4) is 0 Å². The first kappa shape index (κ1) is 19.1. The second-order valence-corrected chi connectivity index (χ2v) is 6.59. The fourth-order valence-electron chi connectivity index (χ4n) is 3.56. The predicted octanol–water partition coefficient (Wildman–Crippen LogP) is 4.63. The standard InChI is InChI=1S/C21H30N2O2/c1-6-8-12-23-15(4)19(21(22)24)20(17(23)9-7-2)16-10-11-18(25-5)14(3)13-16/h10-11,13H,6-9,12H2,1-5H3,(H2,22,24). The molecule has 1 amide bonds. The maximum Gasteiger partial charge on any atom is 0.251 e. The van der Waals surface area contributed by atoms with Gasteiger partial charge in [0.1, 0.15) is 5.75 Å². The van der Waals surface area contributed by atoms with Crippen molar-refractivity contribution in [3.8, 4) is 16.9 Å². The van der Waals surface area contributed by atoms with Crippen molar-refractivity contribution in [1.82, 2.24) is 4.57 Å². The summed E-state index contributed by atoms with van der Waals surface area (Å²) >= 11 is 0. The number of hydrogen-bond donors (Lipinski definition) is 1. The lowest BCUT2D eigenvalue weighted by Gasteiger charge is -2.13. The van der Waals surface area contributed by atoms with Crippen LogP contribution in [0.2, 0.25) is 0 Å². The number of unbranched alkanes of at least 4 members (excludes halogenated alkanes) is 1. The van der Waals surface area contributed by atoms with Gasteiger partial charge in [0.25, 0.3) is 5.91 Å². The molecule has 1 aromatic carbocycles. The van der Waals surface area contributed by atoms with E-state index in [0.29, 0.717) is 5.56 Å². The van der Waals surface area contributed by atoms with E-state index in [1.165, 1.54) is 5.69 Å². The summed E-state index contributed by atoms with van der Waals surface area (Å²) in [6.45, 7) is 9.30. The zero-order valence-corrected chi connectivity index (χ0v) is 16.1. The Labute approximate surface area is 151 Å². The zero-order chi connectivity index (χ0) is 18.6. The van der Waals surface area contributed by atoms with Gasteiger partial charge in [-0.15, -0.1) is 0 Å². The number of nitrogens with zero attached hydrogens (tertiary/aromatic N) is 1. The molecular formula is C21H30N2O2. The van der Waals surface area contributed by atoms with Gasteiger partial charge >= 0.3 is 0 Å². The minimum absolute atomic E-state index is 0.353. The van der Waals surface area contributed by atoms with E-state index in [9.17, 15) is 4.79 Å². The van der Waals surface area contributed by atoms with E-state index in [4.69, 9.17) is 10.5 Å². The van der Waals surface area contributed by atoms with E-state index in [0.717, 1.165) is 60.4 Å². The molecule has 0 unspecified atom stereocenters. The van der Waals surface area contributed by atoms with Gasteiger partial charge < -0.3 is 15.0 Å². The van der Waals surface area contributed by atoms with Crippen molar-refractivity contribution in [1.29, 1.82) is 0 Å². The van der Waals surface area contributed by atoms with Crippen molar-refractivity contribution in [3.63, 3.8) is 0 Å². The Hall–Kier alpha value is -2.23. The molecule has 2 aromatic rings. The van der Waals surface area contributed by atoms with Gasteiger partial charge in [-0.25, -0.2) is 0 Å². The topological polar surface area (TPSA) is 57.2 Å². The number of rotatable bonds is 8. The summed E-state index contributed by atoms with van der Waals surface area (Å²) in [7, 11) is 1.67. The largest absolute Gasteiger partial charge is 0.496 e. The quantitative estimate of drug-likeness (QED) is 0.760. The van der Waals surface area contributed by atoms with Gasteiger partial charge in [-0.1, -0.05) is 32.8 Å². The number of hydrogen-bond acceptors (Lipinski definition) is 2. The Morgan fingerprint density at radius 3 is 2.44 bits per heavy atom. The number of amides is 1. The van der Waals surface area contributed by atoms with Crippen LogP contribution >= 0.6 is 0 Å². The van der Waals surface area contributed by atoms with Crippen LogP contribution in [0.25, 0.3) is 11.1 Å². The second kappa shape index (κ2) is 8.24. The molecule has 0 bridgehead atoms. The molecule has 0 aliphatic heterocycles. The molecule has 0 aliphatic rings. The van der Waals surface area contributed by atoms with E-state index < -0.39 is 0 Å². The first-order chi connectivity index (χ1) is 12.0. The second-order valence-electron chi connectivity index (χ2n) is 6.59. The molecule has 25 heavy (non-hydrogen) atoms. The summed E-state index contributed by atoms with van der Waals surface area (Å²) in [6, 6.07) is 6.07. The average molecular weight is 342 g/mol. The number of aromatic nitrogens is 1. The lowest BCUT2D eigenvalue weighted by atomic mass is 9.96. The molecular weight excluding hydrogens is 312 g/mol. The molecule has 1 heterocycles. The molecule has 0 fully saturated rings. The fraction of sp³-hybridized carbons (Fsp3) is 0.476. The van der Waals surface area contributed by atoms with Crippen LogP contribution in [0.4, 0.5) is 0 Å². The summed E-state index contributed by atoms with van der Waals surface area (Å²) in [6.07, 6.45) is 4.16. The van der Waals surface area contributed by atoms with Crippen LogP contribution in [0, 0.1) is 13.8 Å². The van der Waals surface area contributed by atoms with Crippen LogP contribution in [-0.2, 0) is 13.0 Å². The molecule has 136 valence electrons. The number of ether oxygens (including phenoxy) is 1. The normalized spacial score (nSPS) is 10.9. The van der Waals surface area contributed by atoms with Crippen LogP contribution in [0.1, 0.15) is 60.4 Å². The molecule has 0 saturated carbocycles. The molecule has 0 saturated heterocycles. The maximum atomic E-state index is 12.3. The van der Waals surface area contributed by atoms with Gasteiger partial charge in [-0.3, -0.25) is 4.79 Å². The summed E-state index contributed by atoms with van der Waals surface area (Å²) < 4.78 is 7.67. The van der Waals surface area contributed by atoms with Crippen molar-refractivity contribution < 1.29 is 9.53 Å². The van der Waals surface area contributed by atoms with E-state index in [2.05, 4.69) is 24.5 Å². The van der Waals surface area contributed by atoms with Crippen molar-refractivity contribution in [3.05, 3.63) is 40.7 Å². The first-order valence-electron chi connectivity index (χ1n) is 9.12. The monoisotopic (exact) mass is 342 g/mol. The number of carbonyl (C=O) groups is 1. The Balaban J connectivity index is 2.73. The number of carbonyl (C=O) groups excluding carboxylic acids is 1. The van der Waals surface area contributed by atoms with Crippen molar-refractivity contribution in [2.45, 2.75) is 59.9 Å². The average Bonchev–Trinajstić information content (AvgIpc) is 2.85. The first-order valence-corrected chi connectivity index (χ1v) is 9.12. The van der Waals surface area contributed by atoms with Crippen LogP contribution in [-0.4, -0.2) is 17.6 Å². The highest BCUT2D eigenvalue weighted by Gasteiger charge is 2.24. The SMILES string of the molecule is CCCCn1c(C)c(C(N)=O)c(-c2ccc(OC)c(C)c2)c1CCC. The lowest BCUT2D eigenvalue weighted by Crippen LogP contribution is -2.13. The van der Waals surface area contributed by atoms with Crippen molar-refractivity contribution in [2.24, 2.45) is 5.73 Å². The summed E-state index contributed by atoms with van der Waals surface area (Å²) in [4.78, 5) is 12.3. The van der Waals surface area contributed by atoms with Crippen LogP contribution in [0.15, 0.2) is 18.2 Å². The molecule has 4 heteroatoms. The molecule has 2 rings (SSSR count). The molecule has 0 aliphatic carbocycles. The molecule has 2 N–H and O–H groups in total. The number of benzene rings is 1. The number of nitrogens with two attached hydrogens (primary N) is 1. The highest BCUT2D eigenvalue weighted by Crippen LogP contribution is 2.36. The van der Waals surface area contributed by atoms with Gasteiger partial charge in [-0.2, -0.15) is 0 Å². The Bertz CT molecular complexity index is 760. The third-order valence-corrected chi connectivity index (χ3v) is 4.78. The van der Waals surface area contributed by atoms with Gasteiger partial charge in [0.15, 0.2) is 0 Å². The fourth-order valence-corrected chi connectivity index (χ4v) is 3.56. The molecule has 0 radical (unpaired) electrons. The van der Waals surface area contributed by atoms with Crippen molar-refractivity contribution >= 4 is 5.91 Å². The van der Waals surface area contributed by atoms with E-state index in [-0.39, 0.29) is 5.91 Å². The van der Waals surface area contributed by atoms with Gasteiger partial charge in [0, 0.05) is 23.5 Å². The highest BCUT2D eigenvalue weighted by atomic mass is 16.5. The third-order valence-electron chi connectivity index (χ3n) is 4.78. The maximum absolute atomic E-state index is 12.3. The summed E-state index contributed by atoms with van der Waals surface area (Å²) in [5, 5.41) is 0. The van der Waals surface area contributed by atoms with E-state index in [1.54, 1.807) is 7.11 Å². The van der Waals surface area contributed by atoms with Crippen LogP contribution < -0.4 is 10.5 Å². The lowest BCUT2D eigenvalue weighted by molar-refractivity contribution is 0.1000. The van der Waals surface area contributed by atoms with E-state index in [1.807, 2.05) is 26.0 Å². The summed E-state index contributed by atoms with van der Waals surface area (Å²) in [5.41, 5.74) is 11.7. The number of aryl methyl sites for hydroxylation is 1. The van der Waals surface area contributed by atoms with Gasteiger partial charge in [0.05, 0.1) is 12.7 Å². The van der Waals surface area contributed by atoms with Crippen LogP contribution in [0.5, 0.6) is 5.75 Å². The molecule has 0 atom stereocenters. The minimum atomic E-state index is -0.353. The molecule has 4 nitrogen and oxygen atoms in total. The summed E-state index contributed by atoms with van der Waals surface area (Å²) in [5.74, 6) is 0.497. The minimum Gasteiger partial charge on any atom is -0.496 e. The Morgan fingerprint density at radius 1 is 1.20 bits per heavy atom. The van der Waals surface area contributed by atoms with E-state index >= 15 is 0 Å².